The lowest BCUT2D eigenvalue weighted by Crippen LogP contribution is -2.43. The maximum atomic E-state index is 12.6. The Hall–Kier alpha value is -2.64. The fourth-order valence-electron chi connectivity index (χ4n) is 2.76. The molecule has 0 unspecified atom stereocenters. The van der Waals surface area contributed by atoms with Crippen LogP contribution in [0.15, 0.2) is 18.2 Å². The highest BCUT2D eigenvalue weighted by atomic mass is 16.7. The molecule has 0 aromatic heterocycles. The molecule has 0 bridgehead atoms. The van der Waals surface area contributed by atoms with Crippen molar-refractivity contribution < 1.29 is 19.1 Å². The third kappa shape index (κ3) is 6.83. The van der Waals surface area contributed by atoms with Crippen molar-refractivity contribution in [1.82, 2.24) is 16.0 Å². The van der Waals surface area contributed by atoms with E-state index in [0.29, 0.717) is 31.1 Å². The van der Waals surface area contributed by atoms with E-state index in [2.05, 4.69) is 22.9 Å². The number of unbranched alkanes of at least 4 members (excludes halogenated alkanes) is 2. The number of nitrogens with one attached hydrogen (secondary N) is 3. The average Bonchev–Trinajstić information content (AvgIpc) is 3.12. The van der Waals surface area contributed by atoms with Gasteiger partial charge in [0.1, 0.15) is 0 Å². The predicted octanol–water partition coefficient (Wildman–Crippen LogP) is 3.22. The minimum Gasteiger partial charge on any atom is -0.454 e. The molecule has 1 aromatic rings. The first-order chi connectivity index (χ1) is 13.5. The number of hydrogen-bond donors (Lipinski definition) is 3. The van der Waals surface area contributed by atoms with Crippen molar-refractivity contribution in [2.45, 2.75) is 52.5 Å². The molecule has 0 saturated heterocycles. The Kier molecular flexibility index (Phi) is 8.71. The molecule has 8 heteroatoms. The molecule has 3 N–H and O–H groups in total. The Morgan fingerprint density at radius 2 is 1.79 bits per heavy atom. The fraction of sp³-hybridized carbons (Fsp3) is 0.600. The van der Waals surface area contributed by atoms with Crippen molar-refractivity contribution >= 4 is 17.7 Å². The quantitative estimate of drug-likeness (QED) is 0.533. The summed E-state index contributed by atoms with van der Waals surface area (Å²) < 4.78 is 10.8. The molecule has 0 spiro atoms. The van der Waals surface area contributed by atoms with Crippen LogP contribution in [0.1, 0.15) is 46.5 Å². The minimum atomic E-state index is -0.154. The number of carbonyl (C=O) groups is 2. The number of benzene rings is 1. The summed E-state index contributed by atoms with van der Waals surface area (Å²) in [5.41, 5.74) is 0.757. The van der Waals surface area contributed by atoms with Crippen molar-refractivity contribution in [2.75, 3.05) is 31.3 Å². The van der Waals surface area contributed by atoms with Crippen molar-refractivity contribution in [2.24, 2.45) is 0 Å². The summed E-state index contributed by atoms with van der Waals surface area (Å²) in [6.45, 7) is 7.93. The molecule has 2 rings (SSSR count). The van der Waals surface area contributed by atoms with Gasteiger partial charge in [0.2, 0.25) is 6.79 Å². The number of carbonyl (C=O) groups excluding carboxylic acids is 2. The van der Waals surface area contributed by atoms with E-state index in [9.17, 15) is 9.59 Å². The number of amides is 4. The Labute approximate surface area is 166 Å². The molecule has 1 aromatic carbocycles. The van der Waals surface area contributed by atoms with Gasteiger partial charge in [-0.3, -0.25) is 4.90 Å². The SMILES string of the molecule is CCCCNC(=O)NCCCCN(C(=O)NC(C)C)c1ccc2c(c1)OCO2. The van der Waals surface area contributed by atoms with E-state index in [1.807, 2.05) is 32.0 Å². The lowest BCUT2D eigenvalue weighted by atomic mass is 10.2. The van der Waals surface area contributed by atoms with Crippen molar-refractivity contribution in [1.29, 1.82) is 0 Å². The molecule has 4 amide bonds. The van der Waals surface area contributed by atoms with Crippen LogP contribution < -0.4 is 30.3 Å². The average molecular weight is 393 g/mol. The number of fused-ring (bicyclic) bond motifs is 1. The van der Waals surface area contributed by atoms with Gasteiger partial charge in [0.05, 0.1) is 0 Å². The van der Waals surface area contributed by atoms with E-state index in [1.165, 1.54) is 0 Å². The van der Waals surface area contributed by atoms with E-state index in [0.717, 1.165) is 31.4 Å². The van der Waals surface area contributed by atoms with Crippen LogP contribution in [0, 0.1) is 0 Å². The zero-order valence-corrected chi connectivity index (χ0v) is 17.0. The lowest BCUT2D eigenvalue weighted by Gasteiger charge is -2.24. The maximum Gasteiger partial charge on any atom is 0.322 e. The summed E-state index contributed by atoms with van der Waals surface area (Å²) in [6.07, 6.45) is 3.56. The van der Waals surface area contributed by atoms with Crippen molar-refractivity contribution in [3.8, 4) is 11.5 Å². The number of rotatable bonds is 10. The summed E-state index contributed by atoms with van der Waals surface area (Å²) in [7, 11) is 0. The monoisotopic (exact) mass is 392 g/mol. The normalized spacial score (nSPS) is 12.0. The van der Waals surface area contributed by atoms with Gasteiger partial charge in [-0.05, 0) is 45.2 Å². The van der Waals surface area contributed by atoms with Crippen LogP contribution in [0.3, 0.4) is 0 Å². The molecule has 0 radical (unpaired) electrons. The second-order valence-electron chi connectivity index (χ2n) is 7.04. The smallest absolute Gasteiger partial charge is 0.322 e. The van der Waals surface area contributed by atoms with Gasteiger partial charge in [0.15, 0.2) is 11.5 Å². The van der Waals surface area contributed by atoms with Crippen molar-refractivity contribution in [3.05, 3.63) is 18.2 Å². The van der Waals surface area contributed by atoms with Gasteiger partial charge in [-0.2, -0.15) is 0 Å². The first-order valence-corrected chi connectivity index (χ1v) is 10.0. The highest BCUT2D eigenvalue weighted by molar-refractivity contribution is 5.92. The minimum absolute atomic E-state index is 0.0393. The largest absolute Gasteiger partial charge is 0.454 e. The van der Waals surface area contributed by atoms with Gasteiger partial charge in [-0.1, -0.05) is 13.3 Å². The summed E-state index contributed by atoms with van der Waals surface area (Å²) >= 11 is 0. The molecule has 1 aliphatic heterocycles. The van der Waals surface area contributed by atoms with E-state index >= 15 is 0 Å². The van der Waals surface area contributed by atoms with E-state index in [1.54, 1.807) is 4.90 Å². The number of nitrogens with zero attached hydrogens (tertiary/aromatic N) is 1. The van der Waals surface area contributed by atoms with Crippen LogP contribution in [0.25, 0.3) is 0 Å². The van der Waals surface area contributed by atoms with E-state index in [-0.39, 0.29) is 24.9 Å². The third-order valence-electron chi connectivity index (χ3n) is 4.24. The van der Waals surface area contributed by atoms with Crippen LogP contribution >= 0.6 is 0 Å². The van der Waals surface area contributed by atoms with Crippen LogP contribution in [0.2, 0.25) is 0 Å². The molecule has 0 atom stereocenters. The molecule has 1 aliphatic rings. The van der Waals surface area contributed by atoms with E-state index < -0.39 is 0 Å². The number of urea groups is 2. The second-order valence-corrected chi connectivity index (χ2v) is 7.04. The Morgan fingerprint density at radius 3 is 2.50 bits per heavy atom. The highest BCUT2D eigenvalue weighted by Crippen LogP contribution is 2.35. The summed E-state index contributed by atoms with van der Waals surface area (Å²) in [5, 5.41) is 8.60. The topological polar surface area (TPSA) is 91.9 Å². The Bertz CT molecular complexity index is 651. The lowest BCUT2D eigenvalue weighted by molar-refractivity contribution is 0.174. The zero-order chi connectivity index (χ0) is 20.4. The Balaban J connectivity index is 1.85. The van der Waals surface area contributed by atoms with Crippen LogP contribution in [-0.4, -0.2) is 44.5 Å². The van der Waals surface area contributed by atoms with Crippen LogP contribution in [0.4, 0.5) is 15.3 Å². The predicted molar refractivity (Wildman–Crippen MR) is 109 cm³/mol. The molecular weight excluding hydrogens is 360 g/mol. The number of anilines is 1. The van der Waals surface area contributed by atoms with Gasteiger partial charge < -0.3 is 25.4 Å². The molecule has 0 saturated carbocycles. The molecular formula is C20H32N4O4. The summed E-state index contributed by atoms with van der Waals surface area (Å²) in [4.78, 5) is 26.0. The van der Waals surface area contributed by atoms with Gasteiger partial charge in [0.25, 0.3) is 0 Å². The number of hydrogen-bond acceptors (Lipinski definition) is 4. The van der Waals surface area contributed by atoms with Crippen LogP contribution in [0.5, 0.6) is 11.5 Å². The Morgan fingerprint density at radius 1 is 1.07 bits per heavy atom. The highest BCUT2D eigenvalue weighted by Gasteiger charge is 2.20. The van der Waals surface area contributed by atoms with Gasteiger partial charge in [-0.25, -0.2) is 9.59 Å². The standard InChI is InChI=1S/C20H32N4O4/c1-4-5-10-21-19(25)22-11-6-7-12-24(20(26)23-15(2)3)16-8-9-17-18(13-16)28-14-27-17/h8-9,13,15H,4-7,10-12,14H2,1-3H3,(H,23,26)(H2,21,22,25). The molecule has 1 heterocycles. The molecule has 0 fully saturated rings. The maximum absolute atomic E-state index is 12.6. The molecule has 156 valence electrons. The first kappa shape index (κ1) is 21.7. The molecule has 8 nitrogen and oxygen atoms in total. The van der Waals surface area contributed by atoms with E-state index in [4.69, 9.17) is 9.47 Å². The van der Waals surface area contributed by atoms with Crippen molar-refractivity contribution in [3.63, 3.8) is 0 Å². The summed E-state index contributed by atoms with van der Waals surface area (Å²) in [6, 6.07) is 5.24. The number of ether oxygens (including phenoxy) is 2. The summed E-state index contributed by atoms with van der Waals surface area (Å²) in [5.74, 6) is 1.33. The zero-order valence-electron chi connectivity index (χ0n) is 17.0. The first-order valence-electron chi connectivity index (χ1n) is 10.0. The molecule has 0 aliphatic carbocycles. The van der Waals surface area contributed by atoms with Gasteiger partial charge in [0, 0.05) is 37.4 Å². The second kappa shape index (κ2) is 11.3. The van der Waals surface area contributed by atoms with Crippen LogP contribution in [-0.2, 0) is 0 Å². The van der Waals surface area contributed by atoms with Gasteiger partial charge in [-0.15, -0.1) is 0 Å². The van der Waals surface area contributed by atoms with Gasteiger partial charge >= 0.3 is 12.1 Å². The fourth-order valence-corrected chi connectivity index (χ4v) is 2.76. The third-order valence-corrected chi connectivity index (χ3v) is 4.24. The molecule has 28 heavy (non-hydrogen) atoms.